The van der Waals surface area contributed by atoms with Crippen LogP contribution in [-0.4, -0.2) is 27.2 Å². The van der Waals surface area contributed by atoms with Crippen LogP contribution in [0.2, 0.25) is 0 Å². The topological polar surface area (TPSA) is 79.6 Å². The number of fused-ring (bicyclic) bond motifs is 3. The molecule has 6 heteroatoms. The minimum absolute atomic E-state index is 0.194. The molecule has 128 valence electrons. The summed E-state index contributed by atoms with van der Waals surface area (Å²) in [6, 6.07) is 4.18. The van der Waals surface area contributed by atoms with Gasteiger partial charge in [0.25, 0.3) is 0 Å². The van der Waals surface area contributed by atoms with E-state index in [1.54, 1.807) is 0 Å². The third-order valence-corrected chi connectivity index (χ3v) is 4.90. The summed E-state index contributed by atoms with van der Waals surface area (Å²) in [5.74, 6) is 0.800. The molecule has 25 heavy (non-hydrogen) atoms. The van der Waals surface area contributed by atoms with Crippen LogP contribution in [0, 0.1) is 13.8 Å². The lowest BCUT2D eigenvalue weighted by Crippen LogP contribution is -2.34. The standard InChI is InChI=1S/C19H21N5O/c1-10-17(11(2)25-24-10)12-6-15-18(22-8-12)13-9-21-16(7-14(13)23-15)19(3,4)20-5/h6-9,20,23H,1-5H3. The third kappa shape index (κ3) is 2.41. The summed E-state index contributed by atoms with van der Waals surface area (Å²) in [6.07, 6.45) is 3.76. The predicted molar refractivity (Wildman–Crippen MR) is 98.5 cm³/mol. The number of nitrogens with one attached hydrogen (secondary N) is 2. The zero-order chi connectivity index (χ0) is 17.8. The van der Waals surface area contributed by atoms with E-state index in [9.17, 15) is 0 Å². The average molecular weight is 335 g/mol. The van der Waals surface area contributed by atoms with Crippen molar-refractivity contribution >= 4 is 21.9 Å². The van der Waals surface area contributed by atoms with Gasteiger partial charge < -0.3 is 14.8 Å². The number of nitrogens with zero attached hydrogens (tertiary/aromatic N) is 3. The highest BCUT2D eigenvalue weighted by Crippen LogP contribution is 2.31. The highest BCUT2D eigenvalue weighted by molar-refractivity contribution is 6.05. The molecule has 2 N–H and O–H groups in total. The maximum Gasteiger partial charge on any atom is 0.141 e. The van der Waals surface area contributed by atoms with E-state index < -0.39 is 0 Å². The number of hydrogen-bond donors (Lipinski definition) is 2. The molecule has 0 aliphatic rings. The lowest BCUT2D eigenvalue weighted by molar-refractivity contribution is 0.393. The minimum Gasteiger partial charge on any atom is -0.361 e. The molecule has 0 bridgehead atoms. The number of pyridine rings is 2. The second kappa shape index (κ2) is 5.39. The summed E-state index contributed by atoms with van der Waals surface area (Å²) in [5, 5.41) is 8.34. The monoisotopic (exact) mass is 335 g/mol. The quantitative estimate of drug-likeness (QED) is 0.595. The molecule has 0 fully saturated rings. The Labute approximate surface area is 145 Å². The molecule has 4 rings (SSSR count). The molecule has 4 aromatic heterocycles. The van der Waals surface area contributed by atoms with Crippen LogP contribution in [0.3, 0.4) is 0 Å². The SMILES string of the molecule is CNC(C)(C)c1cc2[nH]c3cc(-c4c(C)noc4C)cnc3c2cn1. The Hall–Kier alpha value is -2.73. The number of rotatable bonds is 3. The largest absolute Gasteiger partial charge is 0.361 e. The van der Waals surface area contributed by atoms with E-state index in [1.807, 2.05) is 33.3 Å². The van der Waals surface area contributed by atoms with Crippen LogP contribution in [-0.2, 0) is 5.54 Å². The molecule has 0 spiro atoms. The first kappa shape index (κ1) is 15.8. The number of hydrogen-bond acceptors (Lipinski definition) is 5. The zero-order valence-electron chi connectivity index (χ0n) is 15.1. The number of aromatic amines is 1. The smallest absolute Gasteiger partial charge is 0.141 e. The van der Waals surface area contributed by atoms with Gasteiger partial charge in [-0.2, -0.15) is 0 Å². The van der Waals surface area contributed by atoms with Gasteiger partial charge in [0.2, 0.25) is 0 Å². The van der Waals surface area contributed by atoms with E-state index in [2.05, 4.69) is 51.4 Å². The Morgan fingerprint density at radius 2 is 1.88 bits per heavy atom. The van der Waals surface area contributed by atoms with Gasteiger partial charge in [0.1, 0.15) is 5.76 Å². The molecule has 6 nitrogen and oxygen atoms in total. The average Bonchev–Trinajstić information content (AvgIpc) is 3.13. The lowest BCUT2D eigenvalue weighted by Gasteiger charge is -2.23. The van der Waals surface area contributed by atoms with Crippen LogP contribution in [0.15, 0.2) is 29.0 Å². The van der Waals surface area contributed by atoms with Crippen molar-refractivity contribution in [3.05, 3.63) is 41.7 Å². The Morgan fingerprint density at radius 3 is 2.56 bits per heavy atom. The Balaban J connectivity index is 1.90. The molecule has 0 atom stereocenters. The fourth-order valence-electron chi connectivity index (χ4n) is 3.17. The third-order valence-electron chi connectivity index (χ3n) is 4.90. The van der Waals surface area contributed by atoms with Gasteiger partial charge in [-0.15, -0.1) is 0 Å². The summed E-state index contributed by atoms with van der Waals surface area (Å²) in [4.78, 5) is 12.8. The van der Waals surface area contributed by atoms with Gasteiger partial charge >= 0.3 is 0 Å². The second-order valence-corrected chi connectivity index (χ2v) is 6.93. The number of H-pyrrole nitrogens is 1. The van der Waals surface area contributed by atoms with Crippen molar-refractivity contribution in [2.45, 2.75) is 33.2 Å². The Kier molecular flexibility index (Phi) is 3.40. The molecule has 0 aliphatic heterocycles. The van der Waals surface area contributed by atoms with Gasteiger partial charge in [0, 0.05) is 28.9 Å². The second-order valence-electron chi connectivity index (χ2n) is 6.93. The molecule has 0 unspecified atom stereocenters. The lowest BCUT2D eigenvalue weighted by atomic mass is 10.00. The molecule has 0 aromatic carbocycles. The van der Waals surface area contributed by atoms with Gasteiger partial charge in [-0.1, -0.05) is 5.16 Å². The van der Waals surface area contributed by atoms with Gasteiger partial charge in [-0.25, -0.2) is 0 Å². The molecule has 0 amide bonds. The highest BCUT2D eigenvalue weighted by atomic mass is 16.5. The molecule has 0 saturated heterocycles. The van der Waals surface area contributed by atoms with Crippen molar-refractivity contribution in [2.75, 3.05) is 7.05 Å². The van der Waals surface area contributed by atoms with Crippen molar-refractivity contribution in [1.29, 1.82) is 0 Å². The van der Waals surface area contributed by atoms with E-state index >= 15 is 0 Å². The fraction of sp³-hybridized carbons (Fsp3) is 0.316. The van der Waals surface area contributed by atoms with Crippen molar-refractivity contribution in [3.63, 3.8) is 0 Å². The van der Waals surface area contributed by atoms with Crippen molar-refractivity contribution in [3.8, 4) is 11.1 Å². The maximum absolute atomic E-state index is 5.28. The van der Waals surface area contributed by atoms with Gasteiger partial charge in [0.05, 0.1) is 33.5 Å². The summed E-state index contributed by atoms with van der Waals surface area (Å²) in [7, 11) is 1.94. The summed E-state index contributed by atoms with van der Waals surface area (Å²) in [6.45, 7) is 8.08. The predicted octanol–water partition coefficient (Wildman–Crippen LogP) is 3.84. The summed E-state index contributed by atoms with van der Waals surface area (Å²) >= 11 is 0. The molecule has 4 heterocycles. The van der Waals surface area contributed by atoms with Crippen LogP contribution in [0.25, 0.3) is 33.1 Å². The molecule has 0 radical (unpaired) electrons. The van der Waals surface area contributed by atoms with E-state index in [0.29, 0.717) is 0 Å². The normalized spacial score (nSPS) is 12.4. The molecule has 4 aromatic rings. The Bertz CT molecular complexity index is 1070. The van der Waals surface area contributed by atoms with Crippen LogP contribution in [0.5, 0.6) is 0 Å². The van der Waals surface area contributed by atoms with E-state index in [0.717, 1.165) is 50.2 Å². The molecule has 0 saturated carbocycles. The first-order chi connectivity index (χ1) is 11.9. The van der Waals surface area contributed by atoms with Crippen LogP contribution in [0.1, 0.15) is 31.0 Å². The van der Waals surface area contributed by atoms with E-state index in [4.69, 9.17) is 4.52 Å². The van der Waals surface area contributed by atoms with Gasteiger partial charge in [0.15, 0.2) is 0 Å². The fourth-order valence-corrected chi connectivity index (χ4v) is 3.17. The van der Waals surface area contributed by atoms with Crippen molar-refractivity contribution in [1.82, 2.24) is 25.4 Å². The van der Waals surface area contributed by atoms with Crippen molar-refractivity contribution in [2.24, 2.45) is 0 Å². The van der Waals surface area contributed by atoms with Crippen LogP contribution >= 0.6 is 0 Å². The van der Waals surface area contributed by atoms with Crippen LogP contribution < -0.4 is 5.32 Å². The number of aromatic nitrogens is 4. The summed E-state index contributed by atoms with van der Waals surface area (Å²) in [5.41, 5.74) is 6.60. The molecular weight excluding hydrogens is 314 g/mol. The van der Waals surface area contributed by atoms with Crippen molar-refractivity contribution < 1.29 is 4.52 Å². The zero-order valence-corrected chi connectivity index (χ0v) is 15.1. The maximum atomic E-state index is 5.28. The molecule has 0 aliphatic carbocycles. The van der Waals surface area contributed by atoms with Gasteiger partial charge in [-0.3, -0.25) is 9.97 Å². The summed E-state index contributed by atoms with van der Waals surface area (Å²) < 4.78 is 5.28. The minimum atomic E-state index is -0.194. The van der Waals surface area contributed by atoms with Crippen LogP contribution in [0.4, 0.5) is 0 Å². The van der Waals surface area contributed by atoms with E-state index in [-0.39, 0.29) is 5.54 Å². The van der Waals surface area contributed by atoms with E-state index in [1.165, 1.54) is 0 Å². The Morgan fingerprint density at radius 1 is 1.08 bits per heavy atom. The first-order valence-corrected chi connectivity index (χ1v) is 8.31. The highest BCUT2D eigenvalue weighted by Gasteiger charge is 2.21. The molecular formula is C19H21N5O. The van der Waals surface area contributed by atoms with Gasteiger partial charge in [-0.05, 0) is 46.9 Å². The first-order valence-electron chi connectivity index (χ1n) is 8.31. The number of aryl methyl sites for hydroxylation is 2.